The van der Waals surface area contributed by atoms with Gasteiger partial charge in [0.1, 0.15) is 0 Å². The van der Waals surface area contributed by atoms with Crippen LogP contribution >= 0.6 is 0 Å². The van der Waals surface area contributed by atoms with Crippen LogP contribution in [0.4, 0.5) is 0 Å². The number of hydrogen-bond donors (Lipinski definition) is 1. The lowest BCUT2D eigenvalue weighted by Crippen LogP contribution is -2.49. The van der Waals surface area contributed by atoms with Crippen molar-refractivity contribution in [2.45, 2.75) is 26.3 Å². The van der Waals surface area contributed by atoms with Crippen molar-refractivity contribution in [2.24, 2.45) is 5.92 Å². The van der Waals surface area contributed by atoms with E-state index in [1.807, 2.05) is 0 Å². The summed E-state index contributed by atoms with van der Waals surface area (Å²) in [5, 5.41) is 3.43. The Morgan fingerprint density at radius 2 is 2.27 bits per heavy atom. The van der Waals surface area contributed by atoms with E-state index < -0.39 is 0 Å². The number of nitrogens with zero attached hydrogens (tertiary/aromatic N) is 1. The standard InChI is InChI=1S/C9H20N2/c1-8(2)6-9-7-10-4-5-11(9)3/h8-10H,4-7H2,1-3H3. The monoisotopic (exact) mass is 156 g/mol. The van der Waals surface area contributed by atoms with Crippen molar-refractivity contribution in [3.63, 3.8) is 0 Å². The molecule has 0 amide bonds. The molecule has 11 heavy (non-hydrogen) atoms. The molecule has 0 spiro atoms. The molecular formula is C9H20N2. The summed E-state index contributed by atoms with van der Waals surface area (Å²) in [6, 6.07) is 0.767. The third-order valence-electron chi connectivity index (χ3n) is 2.39. The first-order valence-electron chi connectivity index (χ1n) is 4.61. The molecule has 1 heterocycles. The number of nitrogens with one attached hydrogen (secondary N) is 1. The van der Waals surface area contributed by atoms with E-state index in [1.54, 1.807) is 0 Å². The summed E-state index contributed by atoms with van der Waals surface area (Å²) in [5.41, 5.74) is 0. The second-order valence-corrected chi connectivity index (χ2v) is 3.97. The third kappa shape index (κ3) is 2.80. The van der Waals surface area contributed by atoms with E-state index in [0.29, 0.717) is 0 Å². The molecule has 1 N–H and O–H groups in total. The van der Waals surface area contributed by atoms with Crippen LogP contribution in [0.25, 0.3) is 0 Å². The van der Waals surface area contributed by atoms with Gasteiger partial charge in [-0.1, -0.05) is 13.8 Å². The Kier molecular flexibility index (Phi) is 3.34. The van der Waals surface area contributed by atoms with Crippen LogP contribution in [0.5, 0.6) is 0 Å². The lowest BCUT2D eigenvalue weighted by molar-refractivity contribution is 0.176. The van der Waals surface area contributed by atoms with Crippen LogP contribution in [-0.4, -0.2) is 37.6 Å². The Morgan fingerprint density at radius 1 is 1.55 bits per heavy atom. The van der Waals surface area contributed by atoms with Crippen LogP contribution in [0, 0.1) is 5.92 Å². The summed E-state index contributed by atoms with van der Waals surface area (Å²) >= 11 is 0. The van der Waals surface area contributed by atoms with Gasteiger partial charge in [-0.2, -0.15) is 0 Å². The van der Waals surface area contributed by atoms with Crippen molar-refractivity contribution < 1.29 is 0 Å². The van der Waals surface area contributed by atoms with Crippen molar-refractivity contribution in [3.8, 4) is 0 Å². The third-order valence-corrected chi connectivity index (χ3v) is 2.39. The summed E-state index contributed by atoms with van der Waals surface area (Å²) < 4.78 is 0. The molecule has 0 aromatic heterocycles. The Balaban J connectivity index is 2.29. The largest absolute Gasteiger partial charge is 0.314 e. The van der Waals surface area contributed by atoms with Crippen molar-refractivity contribution in [1.29, 1.82) is 0 Å². The summed E-state index contributed by atoms with van der Waals surface area (Å²) in [5.74, 6) is 0.822. The van der Waals surface area contributed by atoms with Gasteiger partial charge < -0.3 is 10.2 Å². The van der Waals surface area contributed by atoms with E-state index in [-0.39, 0.29) is 0 Å². The van der Waals surface area contributed by atoms with Gasteiger partial charge in [0.25, 0.3) is 0 Å². The lowest BCUT2D eigenvalue weighted by atomic mass is 10.0. The number of rotatable bonds is 2. The van der Waals surface area contributed by atoms with Gasteiger partial charge in [0.15, 0.2) is 0 Å². The zero-order valence-electron chi connectivity index (χ0n) is 7.93. The van der Waals surface area contributed by atoms with Crippen LogP contribution < -0.4 is 5.32 Å². The first-order chi connectivity index (χ1) is 5.20. The molecule has 0 aromatic rings. The van der Waals surface area contributed by atoms with Gasteiger partial charge in [-0.3, -0.25) is 0 Å². The van der Waals surface area contributed by atoms with E-state index in [4.69, 9.17) is 0 Å². The van der Waals surface area contributed by atoms with E-state index in [0.717, 1.165) is 18.5 Å². The fourth-order valence-electron chi connectivity index (χ4n) is 1.67. The molecule has 2 heteroatoms. The quantitative estimate of drug-likeness (QED) is 0.640. The van der Waals surface area contributed by atoms with Crippen molar-refractivity contribution in [1.82, 2.24) is 10.2 Å². The molecule has 0 aromatic carbocycles. The maximum Gasteiger partial charge on any atom is 0.0220 e. The van der Waals surface area contributed by atoms with Gasteiger partial charge in [0, 0.05) is 25.7 Å². The van der Waals surface area contributed by atoms with E-state index >= 15 is 0 Å². The van der Waals surface area contributed by atoms with Crippen LogP contribution in [0.1, 0.15) is 20.3 Å². The van der Waals surface area contributed by atoms with E-state index in [9.17, 15) is 0 Å². The Labute approximate surface area is 70.0 Å². The predicted octanol–water partition coefficient (Wildman–Crippen LogP) is 0.936. The van der Waals surface area contributed by atoms with Gasteiger partial charge in [-0.25, -0.2) is 0 Å². The molecule has 0 radical (unpaired) electrons. The maximum atomic E-state index is 3.43. The molecule has 66 valence electrons. The molecule has 0 bridgehead atoms. The number of piperazine rings is 1. The van der Waals surface area contributed by atoms with Gasteiger partial charge in [0.2, 0.25) is 0 Å². The lowest BCUT2D eigenvalue weighted by Gasteiger charge is -2.34. The minimum atomic E-state index is 0.767. The summed E-state index contributed by atoms with van der Waals surface area (Å²) in [6.07, 6.45) is 1.32. The van der Waals surface area contributed by atoms with Crippen molar-refractivity contribution in [3.05, 3.63) is 0 Å². The van der Waals surface area contributed by atoms with Crippen molar-refractivity contribution in [2.75, 3.05) is 26.7 Å². The first-order valence-corrected chi connectivity index (χ1v) is 4.61. The highest BCUT2D eigenvalue weighted by atomic mass is 15.2. The first kappa shape index (κ1) is 9.01. The number of likely N-dealkylation sites (N-methyl/N-ethyl adjacent to an activating group) is 1. The highest BCUT2D eigenvalue weighted by molar-refractivity contribution is 4.77. The summed E-state index contributed by atoms with van der Waals surface area (Å²) in [7, 11) is 2.23. The summed E-state index contributed by atoms with van der Waals surface area (Å²) in [6.45, 7) is 8.13. The van der Waals surface area contributed by atoms with Crippen LogP contribution in [-0.2, 0) is 0 Å². The fraction of sp³-hybridized carbons (Fsp3) is 1.00. The Hall–Kier alpha value is -0.0800. The minimum absolute atomic E-state index is 0.767. The topological polar surface area (TPSA) is 15.3 Å². The predicted molar refractivity (Wildman–Crippen MR) is 48.7 cm³/mol. The molecule has 1 saturated heterocycles. The summed E-state index contributed by atoms with van der Waals surface area (Å²) in [4.78, 5) is 2.47. The second-order valence-electron chi connectivity index (χ2n) is 3.97. The average Bonchev–Trinajstić information content (AvgIpc) is 1.93. The highest BCUT2D eigenvalue weighted by Gasteiger charge is 2.18. The Morgan fingerprint density at radius 3 is 2.82 bits per heavy atom. The molecule has 1 aliphatic heterocycles. The SMILES string of the molecule is CC(C)CC1CNCCN1C. The van der Waals surface area contributed by atoms with Crippen LogP contribution in [0.15, 0.2) is 0 Å². The van der Waals surface area contributed by atoms with Crippen molar-refractivity contribution >= 4 is 0 Å². The van der Waals surface area contributed by atoms with E-state index in [2.05, 4.69) is 31.1 Å². The normalized spacial score (nSPS) is 27.8. The molecule has 1 aliphatic rings. The maximum absolute atomic E-state index is 3.43. The molecular weight excluding hydrogens is 136 g/mol. The van der Waals surface area contributed by atoms with Gasteiger partial charge in [0.05, 0.1) is 0 Å². The average molecular weight is 156 g/mol. The fourth-order valence-corrected chi connectivity index (χ4v) is 1.67. The zero-order chi connectivity index (χ0) is 8.27. The molecule has 0 saturated carbocycles. The zero-order valence-corrected chi connectivity index (χ0v) is 7.93. The minimum Gasteiger partial charge on any atom is -0.314 e. The molecule has 0 aliphatic carbocycles. The van der Waals surface area contributed by atoms with Crippen LogP contribution in [0.2, 0.25) is 0 Å². The smallest absolute Gasteiger partial charge is 0.0220 e. The Bertz CT molecular complexity index is 112. The highest BCUT2D eigenvalue weighted by Crippen LogP contribution is 2.10. The van der Waals surface area contributed by atoms with Gasteiger partial charge in [-0.05, 0) is 19.4 Å². The molecule has 1 rings (SSSR count). The molecule has 1 unspecified atom stereocenters. The van der Waals surface area contributed by atoms with Gasteiger partial charge >= 0.3 is 0 Å². The molecule has 2 nitrogen and oxygen atoms in total. The van der Waals surface area contributed by atoms with Crippen LogP contribution in [0.3, 0.4) is 0 Å². The molecule has 1 atom stereocenters. The van der Waals surface area contributed by atoms with E-state index in [1.165, 1.54) is 19.5 Å². The number of hydrogen-bond acceptors (Lipinski definition) is 2. The molecule has 1 fully saturated rings. The second kappa shape index (κ2) is 4.07. The van der Waals surface area contributed by atoms with Gasteiger partial charge in [-0.15, -0.1) is 0 Å².